The molecule has 0 saturated carbocycles. The number of aromatic nitrogens is 2. The highest BCUT2D eigenvalue weighted by molar-refractivity contribution is 5.30. The predicted molar refractivity (Wildman–Crippen MR) is 55.0 cm³/mol. The van der Waals surface area contributed by atoms with E-state index in [1.54, 1.807) is 6.20 Å². The normalized spacial score (nSPS) is 17.1. The van der Waals surface area contributed by atoms with Crippen LogP contribution in [-0.4, -0.2) is 36.1 Å². The third-order valence-corrected chi connectivity index (χ3v) is 2.31. The molecule has 1 fully saturated rings. The molecule has 0 spiro atoms. The van der Waals surface area contributed by atoms with Crippen molar-refractivity contribution in [1.82, 2.24) is 15.3 Å². The molecule has 2 rings (SSSR count). The highest BCUT2D eigenvalue weighted by atomic mass is 15.3. The molecule has 5 heteroatoms. The fourth-order valence-corrected chi connectivity index (χ4v) is 1.52. The van der Waals surface area contributed by atoms with Crippen LogP contribution in [0.3, 0.4) is 0 Å². The Kier molecular flexibility index (Phi) is 2.90. The second-order valence-electron chi connectivity index (χ2n) is 3.29. The van der Waals surface area contributed by atoms with Crippen molar-refractivity contribution in [3.05, 3.63) is 18.0 Å². The molecular weight excluding hydrogens is 178 g/mol. The van der Waals surface area contributed by atoms with E-state index in [9.17, 15) is 0 Å². The Balaban J connectivity index is 2.13. The summed E-state index contributed by atoms with van der Waals surface area (Å²) >= 11 is 0. The zero-order valence-corrected chi connectivity index (χ0v) is 8.11. The third-order valence-electron chi connectivity index (χ3n) is 2.31. The molecule has 5 nitrogen and oxygen atoms in total. The van der Waals surface area contributed by atoms with Gasteiger partial charge in [-0.05, 0) is 6.07 Å². The molecule has 1 aromatic heterocycles. The van der Waals surface area contributed by atoms with E-state index in [0.29, 0.717) is 6.54 Å². The lowest BCUT2D eigenvalue weighted by Gasteiger charge is -2.27. The molecule has 0 radical (unpaired) electrons. The minimum Gasteiger partial charge on any atom is -0.338 e. The Morgan fingerprint density at radius 1 is 1.43 bits per heavy atom. The van der Waals surface area contributed by atoms with Crippen molar-refractivity contribution in [1.29, 1.82) is 0 Å². The van der Waals surface area contributed by atoms with Crippen LogP contribution in [0.1, 0.15) is 5.69 Å². The molecule has 2 heterocycles. The fourth-order valence-electron chi connectivity index (χ4n) is 1.52. The summed E-state index contributed by atoms with van der Waals surface area (Å²) in [6.07, 6.45) is 1.77. The quantitative estimate of drug-likeness (QED) is 0.653. The fraction of sp³-hybridized carbons (Fsp3) is 0.556. The zero-order chi connectivity index (χ0) is 9.80. The van der Waals surface area contributed by atoms with Crippen LogP contribution in [0.15, 0.2) is 12.3 Å². The SMILES string of the molecule is NCc1ccnc(N2CCNCC2)n1. The van der Waals surface area contributed by atoms with Gasteiger partial charge in [0.15, 0.2) is 0 Å². The number of nitrogens with two attached hydrogens (primary N) is 1. The molecule has 0 atom stereocenters. The summed E-state index contributed by atoms with van der Waals surface area (Å²) in [7, 11) is 0. The van der Waals surface area contributed by atoms with Crippen molar-refractivity contribution in [3.63, 3.8) is 0 Å². The predicted octanol–water partition coefficient (Wildman–Crippen LogP) is -0.655. The van der Waals surface area contributed by atoms with Gasteiger partial charge in [0.1, 0.15) is 0 Å². The van der Waals surface area contributed by atoms with Crippen LogP contribution in [0.2, 0.25) is 0 Å². The van der Waals surface area contributed by atoms with Gasteiger partial charge in [-0.3, -0.25) is 0 Å². The van der Waals surface area contributed by atoms with Gasteiger partial charge in [0, 0.05) is 38.9 Å². The molecule has 1 saturated heterocycles. The molecule has 3 N–H and O–H groups in total. The van der Waals surface area contributed by atoms with Crippen LogP contribution >= 0.6 is 0 Å². The van der Waals surface area contributed by atoms with E-state index in [-0.39, 0.29) is 0 Å². The van der Waals surface area contributed by atoms with Crippen molar-refractivity contribution < 1.29 is 0 Å². The molecule has 1 aliphatic rings. The first-order chi connectivity index (χ1) is 6.90. The maximum absolute atomic E-state index is 5.53. The summed E-state index contributed by atoms with van der Waals surface area (Å²) in [4.78, 5) is 10.8. The Morgan fingerprint density at radius 2 is 2.21 bits per heavy atom. The second-order valence-corrected chi connectivity index (χ2v) is 3.29. The minimum absolute atomic E-state index is 0.474. The van der Waals surface area contributed by atoms with Crippen LogP contribution in [-0.2, 0) is 6.54 Å². The Labute approximate surface area is 83.3 Å². The van der Waals surface area contributed by atoms with Gasteiger partial charge in [-0.25, -0.2) is 9.97 Å². The first kappa shape index (κ1) is 9.36. The van der Waals surface area contributed by atoms with Crippen molar-refractivity contribution in [2.75, 3.05) is 31.1 Å². The molecule has 14 heavy (non-hydrogen) atoms. The molecular formula is C9H15N5. The zero-order valence-electron chi connectivity index (χ0n) is 8.11. The van der Waals surface area contributed by atoms with E-state index in [4.69, 9.17) is 5.73 Å². The van der Waals surface area contributed by atoms with Crippen LogP contribution in [0.4, 0.5) is 5.95 Å². The van der Waals surface area contributed by atoms with Gasteiger partial charge in [0.05, 0.1) is 5.69 Å². The van der Waals surface area contributed by atoms with Crippen LogP contribution in [0.5, 0.6) is 0 Å². The van der Waals surface area contributed by atoms with Gasteiger partial charge < -0.3 is 16.0 Å². The molecule has 0 bridgehead atoms. The summed E-state index contributed by atoms with van der Waals surface area (Å²) in [5, 5.41) is 3.29. The van der Waals surface area contributed by atoms with E-state index in [2.05, 4.69) is 20.2 Å². The highest BCUT2D eigenvalue weighted by Gasteiger charge is 2.12. The first-order valence-electron chi connectivity index (χ1n) is 4.88. The first-order valence-corrected chi connectivity index (χ1v) is 4.88. The van der Waals surface area contributed by atoms with Crippen molar-refractivity contribution in [2.24, 2.45) is 5.73 Å². The second kappa shape index (κ2) is 4.34. The number of piperazine rings is 1. The molecule has 76 valence electrons. The standard InChI is InChI=1S/C9H15N5/c10-7-8-1-2-12-9(13-8)14-5-3-11-4-6-14/h1-2,11H,3-7,10H2. The monoisotopic (exact) mass is 193 g/mol. The summed E-state index contributed by atoms with van der Waals surface area (Å²) < 4.78 is 0. The average Bonchev–Trinajstić information content (AvgIpc) is 2.30. The lowest BCUT2D eigenvalue weighted by Crippen LogP contribution is -2.44. The smallest absolute Gasteiger partial charge is 0.225 e. The lowest BCUT2D eigenvalue weighted by molar-refractivity contribution is 0.579. The van der Waals surface area contributed by atoms with Gasteiger partial charge >= 0.3 is 0 Å². The van der Waals surface area contributed by atoms with Crippen molar-refractivity contribution in [3.8, 4) is 0 Å². The Bertz CT molecular complexity index is 295. The molecule has 0 amide bonds. The number of anilines is 1. The lowest BCUT2D eigenvalue weighted by atomic mass is 10.4. The number of rotatable bonds is 2. The largest absolute Gasteiger partial charge is 0.338 e. The van der Waals surface area contributed by atoms with Crippen molar-refractivity contribution in [2.45, 2.75) is 6.54 Å². The number of nitrogens with zero attached hydrogens (tertiary/aromatic N) is 3. The Morgan fingerprint density at radius 3 is 2.93 bits per heavy atom. The van der Waals surface area contributed by atoms with Crippen molar-refractivity contribution >= 4 is 5.95 Å². The molecule has 0 unspecified atom stereocenters. The van der Waals surface area contributed by atoms with E-state index in [1.807, 2.05) is 6.07 Å². The van der Waals surface area contributed by atoms with E-state index in [1.165, 1.54) is 0 Å². The summed E-state index contributed by atoms with van der Waals surface area (Å²) in [6.45, 7) is 4.40. The topological polar surface area (TPSA) is 67.1 Å². The molecule has 0 aromatic carbocycles. The van der Waals surface area contributed by atoms with Gasteiger partial charge in [0.2, 0.25) is 5.95 Å². The summed E-state index contributed by atoms with van der Waals surface area (Å²) in [5.74, 6) is 0.800. The summed E-state index contributed by atoms with van der Waals surface area (Å²) in [5.41, 5.74) is 6.42. The van der Waals surface area contributed by atoms with E-state index >= 15 is 0 Å². The van der Waals surface area contributed by atoms with Crippen LogP contribution in [0, 0.1) is 0 Å². The minimum atomic E-state index is 0.474. The number of hydrogen-bond acceptors (Lipinski definition) is 5. The van der Waals surface area contributed by atoms with Crippen LogP contribution in [0.25, 0.3) is 0 Å². The molecule has 1 aromatic rings. The van der Waals surface area contributed by atoms with E-state index in [0.717, 1.165) is 37.8 Å². The summed E-state index contributed by atoms with van der Waals surface area (Å²) in [6, 6.07) is 1.85. The Hall–Kier alpha value is -1.20. The highest BCUT2D eigenvalue weighted by Crippen LogP contribution is 2.07. The van der Waals surface area contributed by atoms with Gasteiger partial charge in [-0.15, -0.1) is 0 Å². The average molecular weight is 193 g/mol. The molecule has 0 aliphatic carbocycles. The number of nitrogens with one attached hydrogen (secondary N) is 1. The van der Waals surface area contributed by atoms with E-state index < -0.39 is 0 Å². The maximum atomic E-state index is 5.53. The number of hydrogen-bond donors (Lipinski definition) is 2. The van der Waals surface area contributed by atoms with Gasteiger partial charge in [-0.2, -0.15) is 0 Å². The molecule has 1 aliphatic heterocycles. The van der Waals surface area contributed by atoms with Gasteiger partial charge in [-0.1, -0.05) is 0 Å². The van der Waals surface area contributed by atoms with Gasteiger partial charge in [0.25, 0.3) is 0 Å². The van der Waals surface area contributed by atoms with Crippen LogP contribution < -0.4 is 16.0 Å². The maximum Gasteiger partial charge on any atom is 0.225 e. The third kappa shape index (κ3) is 2.00.